The van der Waals surface area contributed by atoms with Crippen LogP contribution in [0.5, 0.6) is 0 Å². The minimum absolute atomic E-state index is 0.695. The molecule has 7 aromatic carbocycles. The highest BCUT2D eigenvalue weighted by atomic mass is 32.1. The number of hydrogen-bond donors (Lipinski definition) is 0. The van der Waals surface area contributed by atoms with Gasteiger partial charge in [-0.2, -0.15) is 0 Å². The quantitative estimate of drug-likeness (QED) is 0.190. The smallest absolute Gasteiger partial charge is 0.235 e. The molecule has 47 heavy (non-hydrogen) atoms. The molecule has 0 unspecified atom stereocenters. The van der Waals surface area contributed by atoms with Crippen LogP contribution >= 0.6 is 22.7 Å². The Morgan fingerprint density at radius 1 is 0.447 bits per heavy atom. The SMILES string of the molecule is c1ccc(-c2nc(-n3c4ccccc4c4c5sc6ccccc6c5c5ccccc5c43)nc3c2sc2c4ccccc4ccc32)cc1. The van der Waals surface area contributed by atoms with Crippen molar-refractivity contribution in [2.24, 2.45) is 0 Å². The Labute approximate surface area is 276 Å². The lowest BCUT2D eigenvalue weighted by atomic mass is 10.00. The first-order valence-corrected chi connectivity index (χ1v) is 17.4. The van der Waals surface area contributed by atoms with Crippen molar-refractivity contribution in [3.8, 4) is 17.2 Å². The number of rotatable bonds is 2. The Morgan fingerprint density at radius 2 is 1.15 bits per heavy atom. The molecule has 3 nitrogen and oxygen atoms in total. The van der Waals surface area contributed by atoms with Crippen molar-refractivity contribution < 1.29 is 0 Å². The van der Waals surface area contributed by atoms with Crippen LogP contribution in [0.2, 0.25) is 0 Å². The van der Waals surface area contributed by atoms with Crippen molar-refractivity contribution in [2.75, 3.05) is 0 Å². The number of aromatic nitrogens is 3. The molecule has 0 spiro atoms. The second-order valence-corrected chi connectivity index (χ2v) is 14.2. The summed E-state index contributed by atoms with van der Waals surface area (Å²) in [5.41, 5.74) is 5.33. The second-order valence-electron chi connectivity index (χ2n) is 12.1. The van der Waals surface area contributed by atoms with E-state index in [-0.39, 0.29) is 0 Å². The number of thiophene rings is 2. The monoisotopic (exact) mass is 633 g/mol. The van der Waals surface area contributed by atoms with Crippen molar-refractivity contribution >= 4 is 106 Å². The van der Waals surface area contributed by atoms with Gasteiger partial charge in [0, 0.05) is 52.0 Å². The summed E-state index contributed by atoms with van der Waals surface area (Å²) in [5, 5.41) is 11.2. The van der Waals surface area contributed by atoms with Gasteiger partial charge in [0.25, 0.3) is 0 Å². The molecule has 0 atom stereocenters. The summed E-state index contributed by atoms with van der Waals surface area (Å²) in [5.74, 6) is 0.695. The maximum Gasteiger partial charge on any atom is 0.235 e. The maximum atomic E-state index is 5.49. The molecule has 218 valence electrons. The van der Waals surface area contributed by atoms with E-state index in [2.05, 4.69) is 144 Å². The summed E-state index contributed by atoms with van der Waals surface area (Å²) >= 11 is 3.68. The molecule has 0 aliphatic heterocycles. The van der Waals surface area contributed by atoms with Crippen LogP contribution in [0.1, 0.15) is 0 Å². The predicted molar refractivity (Wildman–Crippen MR) is 203 cm³/mol. The number of benzene rings is 7. The Kier molecular flexibility index (Phi) is 5.14. The van der Waals surface area contributed by atoms with Crippen LogP contribution in [0.4, 0.5) is 0 Å². The van der Waals surface area contributed by atoms with Crippen LogP contribution in [0, 0.1) is 0 Å². The summed E-state index contributed by atoms with van der Waals surface area (Å²) in [6.45, 7) is 0. The lowest BCUT2D eigenvalue weighted by Crippen LogP contribution is -2.03. The van der Waals surface area contributed by atoms with Crippen LogP contribution in [0.25, 0.3) is 101 Å². The van der Waals surface area contributed by atoms with Crippen LogP contribution in [0.3, 0.4) is 0 Å². The molecule has 0 bridgehead atoms. The van der Waals surface area contributed by atoms with Gasteiger partial charge in [-0.1, -0.05) is 127 Å². The Hall–Kier alpha value is -5.62. The highest BCUT2D eigenvalue weighted by Crippen LogP contribution is 2.48. The van der Waals surface area contributed by atoms with Crippen LogP contribution in [0.15, 0.2) is 140 Å². The fraction of sp³-hybridized carbons (Fsp3) is 0. The van der Waals surface area contributed by atoms with Crippen LogP contribution in [-0.4, -0.2) is 14.5 Å². The fourth-order valence-corrected chi connectivity index (χ4v) is 10.1. The topological polar surface area (TPSA) is 30.7 Å². The number of fused-ring (bicyclic) bond motifs is 15. The normalized spacial score (nSPS) is 12.3. The van der Waals surface area contributed by atoms with Crippen molar-refractivity contribution in [3.63, 3.8) is 0 Å². The summed E-state index contributed by atoms with van der Waals surface area (Å²) in [6.07, 6.45) is 0. The average Bonchev–Trinajstić information content (AvgIpc) is 3.82. The summed E-state index contributed by atoms with van der Waals surface area (Å²) in [6, 6.07) is 50.1. The van der Waals surface area contributed by atoms with Gasteiger partial charge in [-0.25, -0.2) is 9.97 Å². The standard InChI is InChI=1S/C42H23N3S2/c1-2-13-25(14-3-1)36-41-37(31-23-22-24-12-4-5-15-26(24)39(31)47-41)44-42(43-36)45-32-20-10-8-18-29(32)35-38(45)28-17-7-6-16-27(28)34-30-19-9-11-21-33(30)46-40(34)35/h1-23H. The van der Waals surface area contributed by atoms with Crippen LogP contribution in [-0.2, 0) is 0 Å². The van der Waals surface area contributed by atoms with Crippen molar-refractivity contribution in [1.82, 2.24) is 14.5 Å². The first kappa shape index (κ1) is 25.6. The zero-order valence-electron chi connectivity index (χ0n) is 24.9. The van der Waals surface area contributed by atoms with Crippen LogP contribution < -0.4 is 0 Å². The predicted octanol–water partition coefficient (Wildman–Crippen LogP) is 12.3. The average molecular weight is 634 g/mol. The van der Waals surface area contributed by atoms with Gasteiger partial charge in [0.2, 0.25) is 5.95 Å². The Balaban J connectivity index is 1.36. The van der Waals surface area contributed by atoms with E-state index in [4.69, 9.17) is 9.97 Å². The van der Waals surface area contributed by atoms with Gasteiger partial charge in [-0.15, -0.1) is 22.7 Å². The highest BCUT2D eigenvalue weighted by Gasteiger charge is 2.24. The van der Waals surface area contributed by atoms with E-state index in [9.17, 15) is 0 Å². The molecule has 0 fully saturated rings. The Morgan fingerprint density at radius 3 is 2.02 bits per heavy atom. The van der Waals surface area contributed by atoms with Crippen molar-refractivity contribution in [2.45, 2.75) is 0 Å². The molecule has 0 radical (unpaired) electrons. The van der Waals surface area contributed by atoms with E-state index in [0.29, 0.717) is 5.95 Å². The first-order chi connectivity index (χ1) is 23.3. The third-order valence-corrected chi connectivity index (χ3v) is 12.0. The summed E-state index contributed by atoms with van der Waals surface area (Å²) in [4.78, 5) is 11.0. The third-order valence-electron chi connectivity index (χ3n) is 9.59. The van der Waals surface area contributed by atoms with E-state index in [1.54, 1.807) is 11.3 Å². The van der Waals surface area contributed by atoms with Gasteiger partial charge in [-0.05, 0) is 28.3 Å². The highest BCUT2D eigenvalue weighted by molar-refractivity contribution is 7.27. The van der Waals surface area contributed by atoms with Gasteiger partial charge < -0.3 is 0 Å². The molecule has 4 aromatic heterocycles. The molecular formula is C42H23N3S2. The van der Waals surface area contributed by atoms with E-state index < -0.39 is 0 Å². The van der Waals surface area contributed by atoms with Gasteiger partial charge in [0.1, 0.15) is 0 Å². The van der Waals surface area contributed by atoms with Crippen molar-refractivity contribution in [3.05, 3.63) is 140 Å². The summed E-state index contributed by atoms with van der Waals surface area (Å²) in [7, 11) is 0. The third kappa shape index (κ3) is 3.45. The molecule has 0 saturated carbocycles. The zero-order chi connectivity index (χ0) is 30.6. The molecule has 0 aliphatic carbocycles. The Bertz CT molecular complexity index is 3070. The molecule has 0 amide bonds. The molecular weight excluding hydrogens is 611 g/mol. The molecule has 5 heteroatoms. The van der Waals surface area contributed by atoms with Gasteiger partial charge in [0.05, 0.1) is 26.9 Å². The molecule has 0 saturated heterocycles. The first-order valence-electron chi connectivity index (χ1n) is 15.8. The lowest BCUT2D eigenvalue weighted by Gasteiger charge is -2.12. The molecule has 4 heterocycles. The number of nitrogens with zero attached hydrogens (tertiary/aromatic N) is 3. The number of para-hydroxylation sites is 1. The molecule has 0 aliphatic rings. The van der Waals surface area contributed by atoms with Gasteiger partial charge in [-0.3, -0.25) is 4.57 Å². The maximum absolute atomic E-state index is 5.49. The minimum atomic E-state index is 0.695. The number of hydrogen-bond acceptors (Lipinski definition) is 4. The minimum Gasteiger partial charge on any atom is -0.277 e. The zero-order valence-corrected chi connectivity index (χ0v) is 26.6. The molecule has 11 rings (SSSR count). The van der Waals surface area contributed by atoms with Crippen molar-refractivity contribution in [1.29, 1.82) is 0 Å². The summed E-state index contributed by atoms with van der Waals surface area (Å²) < 4.78 is 7.31. The van der Waals surface area contributed by atoms with Gasteiger partial charge >= 0.3 is 0 Å². The molecule has 0 N–H and O–H groups in total. The second kappa shape index (κ2) is 9.46. The van der Waals surface area contributed by atoms with E-state index in [1.165, 1.54) is 62.6 Å². The lowest BCUT2D eigenvalue weighted by molar-refractivity contribution is 1.02. The van der Waals surface area contributed by atoms with E-state index in [0.717, 1.165) is 32.5 Å². The van der Waals surface area contributed by atoms with E-state index in [1.807, 2.05) is 11.3 Å². The largest absolute Gasteiger partial charge is 0.277 e. The fourth-order valence-electron chi connectivity index (χ4n) is 7.58. The van der Waals surface area contributed by atoms with E-state index >= 15 is 0 Å². The van der Waals surface area contributed by atoms with Gasteiger partial charge in [0.15, 0.2) is 0 Å². The molecule has 11 aromatic rings.